The Morgan fingerprint density at radius 3 is 2.07 bits per heavy atom. The Morgan fingerprint density at radius 1 is 1.07 bits per heavy atom. The summed E-state index contributed by atoms with van der Waals surface area (Å²) in [5.41, 5.74) is 2.00. The fraction of sp³-hybridized carbons (Fsp3) is 0.692. The first-order valence-electron chi connectivity index (χ1n) is 5.60. The average Bonchev–Trinajstić information content (AvgIpc) is 2.01. The van der Waals surface area contributed by atoms with Crippen molar-refractivity contribution in [3.8, 4) is 0 Å². The van der Waals surface area contributed by atoms with E-state index in [0.717, 1.165) is 6.42 Å². The molecule has 0 aromatic heterocycles. The molecule has 0 aromatic carbocycles. The van der Waals surface area contributed by atoms with Crippen LogP contribution in [0.4, 0.5) is 0 Å². The highest BCUT2D eigenvalue weighted by Crippen LogP contribution is 2.36. The maximum Gasteiger partial charge on any atom is 0.0724 e. The summed E-state index contributed by atoms with van der Waals surface area (Å²) in [6, 6.07) is 0. The topological polar surface area (TPSA) is 0 Å². The largest absolute Gasteiger partial charge is 0.0851 e. The van der Waals surface area contributed by atoms with Crippen molar-refractivity contribution >= 4 is 8.07 Å². The molecule has 0 amide bonds. The second kappa shape index (κ2) is 3.69. The molecule has 0 N–H and O–H groups in total. The molecular weight excluding hydrogens is 184 g/mol. The van der Waals surface area contributed by atoms with Gasteiger partial charge in [-0.05, 0) is 18.3 Å². The molecule has 0 saturated carbocycles. The van der Waals surface area contributed by atoms with E-state index in [1.54, 1.807) is 10.8 Å². The molecule has 0 unspecified atom stereocenters. The fourth-order valence-electron chi connectivity index (χ4n) is 1.84. The van der Waals surface area contributed by atoms with Crippen LogP contribution >= 0.6 is 0 Å². The van der Waals surface area contributed by atoms with Gasteiger partial charge in [0, 0.05) is 0 Å². The van der Waals surface area contributed by atoms with Gasteiger partial charge in [0.1, 0.15) is 0 Å². The van der Waals surface area contributed by atoms with Gasteiger partial charge in [0.2, 0.25) is 0 Å². The Kier molecular flexibility index (Phi) is 3.10. The summed E-state index contributed by atoms with van der Waals surface area (Å²) in [5.74, 6) is 0. The molecule has 1 aliphatic carbocycles. The lowest BCUT2D eigenvalue weighted by molar-refractivity contribution is 0.489. The van der Waals surface area contributed by atoms with Gasteiger partial charge in [-0.1, -0.05) is 63.3 Å². The monoisotopic (exact) mass is 208 g/mol. The van der Waals surface area contributed by atoms with Crippen molar-refractivity contribution in [3.05, 3.63) is 22.9 Å². The zero-order chi connectivity index (χ0) is 11.0. The minimum atomic E-state index is -1.06. The summed E-state index contributed by atoms with van der Waals surface area (Å²) in [6.07, 6.45) is 7.27. The van der Waals surface area contributed by atoms with Gasteiger partial charge in [-0.25, -0.2) is 0 Å². The number of rotatable bonds is 1. The van der Waals surface area contributed by atoms with Crippen molar-refractivity contribution in [3.63, 3.8) is 0 Å². The molecule has 0 atom stereocenters. The average molecular weight is 208 g/mol. The summed E-state index contributed by atoms with van der Waals surface area (Å²) in [5, 5.41) is 1.74. The lowest BCUT2D eigenvalue weighted by atomic mass is 9.82. The minimum Gasteiger partial charge on any atom is -0.0851 e. The van der Waals surface area contributed by atoms with Crippen LogP contribution < -0.4 is 0 Å². The molecule has 0 heterocycles. The van der Waals surface area contributed by atoms with Gasteiger partial charge in [0.05, 0.1) is 8.07 Å². The van der Waals surface area contributed by atoms with Crippen LogP contribution in [-0.4, -0.2) is 8.07 Å². The van der Waals surface area contributed by atoms with E-state index in [4.69, 9.17) is 0 Å². The zero-order valence-electron chi connectivity index (χ0n) is 10.6. The number of hydrogen-bond donors (Lipinski definition) is 0. The van der Waals surface area contributed by atoms with Crippen LogP contribution in [0.3, 0.4) is 0 Å². The van der Waals surface area contributed by atoms with Crippen molar-refractivity contribution in [2.24, 2.45) is 5.41 Å². The first-order valence-corrected chi connectivity index (χ1v) is 9.10. The Hall–Kier alpha value is -0.303. The summed E-state index contributed by atoms with van der Waals surface area (Å²) in [4.78, 5) is 0. The molecule has 0 radical (unpaired) electrons. The SMILES string of the molecule is CC(C)(C)C1=CCC=C([Si](C)(C)C)C1. The standard InChI is InChI=1S/C13H24Si/c1-13(2,3)11-8-7-9-12(10-11)14(4,5)6/h8-9H,7,10H2,1-6H3. The molecule has 0 fully saturated rings. The molecule has 0 spiro atoms. The van der Waals surface area contributed by atoms with E-state index in [1.165, 1.54) is 6.42 Å². The summed E-state index contributed by atoms with van der Waals surface area (Å²) < 4.78 is 0. The van der Waals surface area contributed by atoms with Crippen molar-refractivity contribution < 1.29 is 0 Å². The molecule has 0 saturated heterocycles. The molecule has 0 aromatic rings. The van der Waals surface area contributed by atoms with Gasteiger partial charge in [-0.3, -0.25) is 0 Å². The van der Waals surface area contributed by atoms with E-state index in [1.807, 2.05) is 0 Å². The van der Waals surface area contributed by atoms with Gasteiger partial charge >= 0.3 is 0 Å². The summed E-state index contributed by atoms with van der Waals surface area (Å²) in [7, 11) is -1.06. The number of hydrogen-bond acceptors (Lipinski definition) is 0. The molecule has 1 rings (SSSR count). The van der Waals surface area contributed by atoms with Gasteiger partial charge < -0.3 is 0 Å². The molecule has 0 aliphatic heterocycles. The quantitative estimate of drug-likeness (QED) is 0.438. The molecule has 80 valence electrons. The maximum absolute atomic E-state index is 2.46. The van der Waals surface area contributed by atoms with E-state index in [0.29, 0.717) is 5.41 Å². The lowest BCUT2D eigenvalue weighted by Crippen LogP contribution is -2.27. The third-order valence-electron chi connectivity index (χ3n) is 3.04. The molecule has 1 heteroatoms. The zero-order valence-corrected chi connectivity index (χ0v) is 11.6. The highest BCUT2D eigenvalue weighted by molar-refractivity contribution is 6.83. The fourth-order valence-corrected chi connectivity index (χ4v) is 3.29. The van der Waals surface area contributed by atoms with Crippen molar-refractivity contribution in [1.29, 1.82) is 0 Å². The van der Waals surface area contributed by atoms with E-state index in [-0.39, 0.29) is 0 Å². The van der Waals surface area contributed by atoms with Crippen LogP contribution in [0.2, 0.25) is 19.6 Å². The van der Waals surface area contributed by atoms with Crippen LogP contribution in [0, 0.1) is 5.41 Å². The second-order valence-electron chi connectivity index (χ2n) is 6.37. The van der Waals surface area contributed by atoms with Gasteiger partial charge in [0.25, 0.3) is 0 Å². The van der Waals surface area contributed by atoms with E-state index in [2.05, 4.69) is 52.6 Å². The Bertz CT molecular complexity index is 241. The maximum atomic E-state index is 2.46. The third kappa shape index (κ3) is 2.84. The summed E-state index contributed by atoms with van der Waals surface area (Å²) in [6.45, 7) is 14.3. The molecule has 14 heavy (non-hydrogen) atoms. The molecular formula is C13H24Si. The molecule has 0 bridgehead atoms. The van der Waals surface area contributed by atoms with Crippen LogP contribution in [0.1, 0.15) is 33.6 Å². The normalized spacial score (nSPS) is 19.0. The Morgan fingerprint density at radius 2 is 1.64 bits per heavy atom. The van der Waals surface area contributed by atoms with Crippen molar-refractivity contribution in [2.45, 2.75) is 53.3 Å². The Balaban J connectivity index is 2.79. The van der Waals surface area contributed by atoms with Gasteiger partial charge in [0.15, 0.2) is 0 Å². The van der Waals surface area contributed by atoms with Crippen LogP contribution in [0.15, 0.2) is 22.9 Å². The van der Waals surface area contributed by atoms with E-state index in [9.17, 15) is 0 Å². The van der Waals surface area contributed by atoms with Crippen molar-refractivity contribution in [2.75, 3.05) is 0 Å². The predicted octanol–water partition coefficient (Wildman–Crippen LogP) is 4.56. The first kappa shape index (κ1) is 11.8. The minimum absolute atomic E-state index is 0.360. The molecule has 0 nitrogen and oxygen atoms in total. The highest BCUT2D eigenvalue weighted by Gasteiger charge is 2.26. The van der Waals surface area contributed by atoms with Gasteiger partial charge in [-0.2, -0.15) is 0 Å². The van der Waals surface area contributed by atoms with Crippen LogP contribution in [0.25, 0.3) is 0 Å². The van der Waals surface area contributed by atoms with E-state index < -0.39 is 8.07 Å². The second-order valence-corrected chi connectivity index (χ2v) is 11.5. The third-order valence-corrected chi connectivity index (χ3v) is 5.34. The first-order chi connectivity index (χ1) is 6.21. The smallest absolute Gasteiger partial charge is 0.0724 e. The predicted molar refractivity (Wildman–Crippen MR) is 68.2 cm³/mol. The molecule has 1 aliphatic rings. The van der Waals surface area contributed by atoms with E-state index >= 15 is 0 Å². The van der Waals surface area contributed by atoms with Crippen LogP contribution in [0.5, 0.6) is 0 Å². The van der Waals surface area contributed by atoms with Gasteiger partial charge in [-0.15, -0.1) is 0 Å². The lowest BCUT2D eigenvalue weighted by Gasteiger charge is -2.31. The van der Waals surface area contributed by atoms with Crippen molar-refractivity contribution in [1.82, 2.24) is 0 Å². The number of allylic oxidation sites excluding steroid dienone is 4. The summed E-state index contributed by atoms with van der Waals surface area (Å²) >= 11 is 0. The Labute approximate surface area is 90.1 Å². The van der Waals surface area contributed by atoms with Crippen LogP contribution in [-0.2, 0) is 0 Å². The highest BCUT2D eigenvalue weighted by atomic mass is 28.3.